The lowest BCUT2D eigenvalue weighted by atomic mass is 9.96. The van der Waals surface area contributed by atoms with Gasteiger partial charge in [-0.15, -0.1) is 0 Å². The fourth-order valence-electron chi connectivity index (χ4n) is 4.12. The van der Waals surface area contributed by atoms with Crippen molar-refractivity contribution in [1.29, 1.82) is 0 Å². The van der Waals surface area contributed by atoms with Crippen molar-refractivity contribution in [2.24, 2.45) is 0 Å². The van der Waals surface area contributed by atoms with E-state index in [1.54, 1.807) is 54.6 Å². The van der Waals surface area contributed by atoms with Gasteiger partial charge in [-0.1, -0.05) is 42.5 Å². The molecular weight excluding hydrogens is 436 g/mol. The molecule has 0 spiro atoms. The highest BCUT2D eigenvalue weighted by Gasteiger charge is 2.37. The molecule has 0 saturated heterocycles. The molecule has 0 saturated carbocycles. The molecule has 0 bridgehead atoms. The number of rotatable bonds is 5. The smallest absolute Gasteiger partial charge is 0.264 e. The summed E-state index contributed by atoms with van der Waals surface area (Å²) < 4.78 is 34.0. The minimum atomic E-state index is -3.87. The third-order valence-electron chi connectivity index (χ3n) is 6.07. The lowest BCUT2D eigenvalue weighted by Gasteiger charge is -2.35. The van der Waals surface area contributed by atoms with Gasteiger partial charge in [0.1, 0.15) is 5.75 Å². The molecule has 172 valence electrons. The fourth-order valence-corrected chi connectivity index (χ4v) is 5.62. The van der Waals surface area contributed by atoms with Crippen molar-refractivity contribution in [3.8, 4) is 5.75 Å². The third-order valence-corrected chi connectivity index (χ3v) is 7.86. The van der Waals surface area contributed by atoms with Crippen molar-refractivity contribution in [3.05, 3.63) is 89.0 Å². The molecular formula is C26H28N2O4S. The maximum absolute atomic E-state index is 13.4. The predicted molar refractivity (Wildman–Crippen MR) is 129 cm³/mol. The van der Waals surface area contributed by atoms with Gasteiger partial charge < -0.3 is 10.1 Å². The summed E-state index contributed by atoms with van der Waals surface area (Å²) in [6.07, 6.45) is -0.979. The van der Waals surface area contributed by atoms with Crippen molar-refractivity contribution >= 4 is 21.6 Å². The Labute approximate surface area is 195 Å². The van der Waals surface area contributed by atoms with Gasteiger partial charge in [-0.3, -0.25) is 9.10 Å². The van der Waals surface area contributed by atoms with Crippen LogP contribution in [0.25, 0.3) is 0 Å². The number of hydrogen-bond acceptors (Lipinski definition) is 4. The average molecular weight is 465 g/mol. The first-order chi connectivity index (χ1) is 15.7. The molecule has 0 fully saturated rings. The number of nitrogens with one attached hydrogen (secondary N) is 1. The monoisotopic (exact) mass is 464 g/mol. The Kier molecular flexibility index (Phi) is 6.17. The summed E-state index contributed by atoms with van der Waals surface area (Å²) in [6.45, 7) is 7.93. The summed E-state index contributed by atoms with van der Waals surface area (Å²) in [7, 11) is -3.87. The Hall–Kier alpha value is -3.32. The number of carbonyl (C=O) groups is 1. The van der Waals surface area contributed by atoms with E-state index in [2.05, 4.69) is 24.4 Å². The van der Waals surface area contributed by atoms with E-state index in [0.717, 1.165) is 16.7 Å². The largest absolute Gasteiger partial charge is 0.476 e. The topological polar surface area (TPSA) is 75.7 Å². The molecule has 3 aromatic rings. The van der Waals surface area contributed by atoms with Gasteiger partial charge in [-0.05, 0) is 74.2 Å². The molecule has 1 N–H and O–H groups in total. The molecule has 0 radical (unpaired) electrons. The van der Waals surface area contributed by atoms with Gasteiger partial charge in [0, 0.05) is 0 Å². The number of anilines is 1. The van der Waals surface area contributed by atoms with Gasteiger partial charge in [0.2, 0.25) is 0 Å². The van der Waals surface area contributed by atoms with Crippen LogP contribution in [0.1, 0.15) is 35.2 Å². The number of benzene rings is 3. The lowest BCUT2D eigenvalue weighted by Crippen LogP contribution is -2.51. The number of sulfonamides is 1. The van der Waals surface area contributed by atoms with Crippen LogP contribution in [0.3, 0.4) is 0 Å². The molecule has 0 aromatic heterocycles. The first kappa shape index (κ1) is 22.9. The van der Waals surface area contributed by atoms with Crippen LogP contribution in [0, 0.1) is 20.8 Å². The summed E-state index contributed by atoms with van der Waals surface area (Å²) in [5, 5.41) is 3.01. The van der Waals surface area contributed by atoms with Crippen LogP contribution in [0.2, 0.25) is 0 Å². The van der Waals surface area contributed by atoms with Crippen LogP contribution in [0.4, 0.5) is 5.69 Å². The molecule has 0 unspecified atom stereocenters. The summed E-state index contributed by atoms with van der Waals surface area (Å²) in [6, 6.07) is 19.0. The van der Waals surface area contributed by atoms with E-state index in [1.165, 1.54) is 9.87 Å². The first-order valence-electron chi connectivity index (χ1n) is 10.9. The number of para-hydroxylation sites is 2. The Morgan fingerprint density at radius 1 is 0.970 bits per heavy atom. The Morgan fingerprint density at radius 3 is 2.33 bits per heavy atom. The van der Waals surface area contributed by atoms with Crippen LogP contribution in [0.5, 0.6) is 5.75 Å². The van der Waals surface area contributed by atoms with E-state index in [1.807, 2.05) is 20.8 Å². The molecule has 1 aliphatic rings. The van der Waals surface area contributed by atoms with Gasteiger partial charge in [-0.2, -0.15) is 0 Å². The minimum absolute atomic E-state index is 0.112. The van der Waals surface area contributed by atoms with Crippen molar-refractivity contribution in [2.75, 3.05) is 10.8 Å². The van der Waals surface area contributed by atoms with E-state index in [9.17, 15) is 13.2 Å². The number of amides is 1. The zero-order chi connectivity index (χ0) is 23.8. The molecule has 1 amide bonds. The molecule has 1 heterocycles. The van der Waals surface area contributed by atoms with Crippen LogP contribution >= 0.6 is 0 Å². The summed E-state index contributed by atoms with van der Waals surface area (Å²) in [5.74, 6) is 0.00122. The maximum Gasteiger partial charge on any atom is 0.264 e. The third kappa shape index (κ3) is 4.46. The molecule has 6 nitrogen and oxygen atoms in total. The summed E-state index contributed by atoms with van der Waals surface area (Å²) in [5.41, 5.74) is 4.89. The van der Waals surface area contributed by atoms with Crippen LogP contribution in [0.15, 0.2) is 71.6 Å². The molecule has 33 heavy (non-hydrogen) atoms. The number of hydrogen-bond donors (Lipinski definition) is 1. The van der Waals surface area contributed by atoms with E-state index < -0.39 is 16.1 Å². The van der Waals surface area contributed by atoms with Crippen molar-refractivity contribution in [1.82, 2.24) is 5.32 Å². The highest BCUT2D eigenvalue weighted by Crippen LogP contribution is 2.37. The van der Waals surface area contributed by atoms with Gasteiger partial charge in [-0.25, -0.2) is 8.42 Å². The van der Waals surface area contributed by atoms with Gasteiger partial charge >= 0.3 is 0 Å². The number of aryl methyl sites for hydroxylation is 3. The highest BCUT2D eigenvalue weighted by atomic mass is 32.2. The van der Waals surface area contributed by atoms with Crippen molar-refractivity contribution in [3.63, 3.8) is 0 Å². The van der Waals surface area contributed by atoms with E-state index in [0.29, 0.717) is 11.4 Å². The number of nitrogens with zero attached hydrogens (tertiary/aromatic N) is 1. The van der Waals surface area contributed by atoms with E-state index >= 15 is 0 Å². The molecule has 3 aromatic carbocycles. The van der Waals surface area contributed by atoms with Crippen LogP contribution in [-0.4, -0.2) is 27.0 Å². The number of carbonyl (C=O) groups excluding carboxylic acids is 1. The second-order valence-corrected chi connectivity index (χ2v) is 10.3. The van der Waals surface area contributed by atoms with Gasteiger partial charge in [0.15, 0.2) is 6.10 Å². The zero-order valence-corrected chi connectivity index (χ0v) is 20.0. The van der Waals surface area contributed by atoms with Crippen LogP contribution < -0.4 is 14.4 Å². The Morgan fingerprint density at radius 2 is 1.61 bits per heavy atom. The summed E-state index contributed by atoms with van der Waals surface area (Å²) in [4.78, 5) is 13.4. The fraction of sp³-hybridized carbons (Fsp3) is 0.269. The molecule has 4 rings (SSSR count). The van der Waals surface area contributed by atoms with Crippen molar-refractivity contribution < 1.29 is 17.9 Å². The SMILES string of the molecule is Cc1cc(C)c([C@H](C)NC(=O)[C@@H]2CN(S(=O)(=O)c3ccccc3)c3ccccc3O2)cc1C. The highest BCUT2D eigenvalue weighted by molar-refractivity contribution is 7.92. The lowest BCUT2D eigenvalue weighted by molar-refractivity contribution is -0.128. The predicted octanol–water partition coefficient (Wildman–Crippen LogP) is 4.45. The zero-order valence-electron chi connectivity index (χ0n) is 19.2. The second kappa shape index (κ2) is 8.90. The first-order valence-corrected chi connectivity index (χ1v) is 12.3. The number of ether oxygens (including phenoxy) is 1. The Bertz CT molecular complexity index is 1290. The van der Waals surface area contributed by atoms with Crippen molar-refractivity contribution in [2.45, 2.75) is 44.7 Å². The second-order valence-electron chi connectivity index (χ2n) is 8.45. The van der Waals surface area contributed by atoms with E-state index in [4.69, 9.17) is 4.74 Å². The average Bonchev–Trinajstić information content (AvgIpc) is 2.81. The molecule has 7 heteroatoms. The van der Waals surface area contributed by atoms with Gasteiger partial charge in [0.25, 0.3) is 15.9 Å². The van der Waals surface area contributed by atoms with Gasteiger partial charge in [0.05, 0.1) is 23.2 Å². The normalized spacial score (nSPS) is 16.5. The standard InChI is InChI=1S/C26H28N2O4S/c1-17-14-19(3)22(15-18(17)2)20(4)27-26(29)25-16-28(23-12-8-9-13-24(23)32-25)33(30,31)21-10-6-5-7-11-21/h5-15,20,25H,16H2,1-4H3,(H,27,29)/t20-,25-/m0/s1. The molecule has 1 aliphatic heterocycles. The Balaban J connectivity index is 1.62. The minimum Gasteiger partial charge on any atom is -0.476 e. The van der Waals surface area contributed by atoms with Crippen LogP contribution in [-0.2, 0) is 14.8 Å². The molecule has 0 aliphatic carbocycles. The quantitative estimate of drug-likeness (QED) is 0.606. The summed E-state index contributed by atoms with van der Waals surface area (Å²) >= 11 is 0. The maximum atomic E-state index is 13.4. The van der Waals surface area contributed by atoms with E-state index in [-0.39, 0.29) is 23.4 Å². The molecule has 2 atom stereocenters. The number of fused-ring (bicyclic) bond motifs is 1.